The fourth-order valence-electron chi connectivity index (χ4n) is 3.59. The summed E-state index contributed by atoms with van der Waals surface area (Å²) < 4.78 is 28.3. The second-order valence-electron chi connectivity index (χ2n) is 7.63. The largest absolute Gasteiger partial charge is 0.320 e. The van der Waals surface area contributed by atoms with E-state index in [0.717, 1.165) is 17.3 Å². The van der Waals surface area contributed by atoms with Gasteiger partial charge in [0.2, 0.25) is 15.9 Å². The first-order valence-electron chi connectivity index (χ1n) is 10.3. The molecule has 9 nitrogen and oxygen atoms in total. The van der Waals surface area contributed by atoms with Crippen molar-refractivity contribution in [3.05, 3.63) is 81.8 Å². The average Bonchev–Trinajstić information content (AvgIpc) is 3.27. The van der Waals surface area contributed by atoms with Crippen LogP contribution in [0.5, 0.6) is 0 Å². The summed E-state index contributed by atoms with van der Waals surface area (Å²) in [4.78, 5) is 29.2. The Bertz CT molecular complexity index is 1310. The van der Waals surface area contributed by atoms with Crippen LogP contribution < -0.4 is 5.56 Å². The normalized spacial score (nSPS) is 16.8. The number of amides is 1. The van der Waals surface area contributed by atoms with Crippen LogP contribution in [0.1, 0.15) is 23.0 Å². The first-order chi connectivity index (χ1) is 15.8. The highest BCUT2D eigenvalue weighted by atomic mass is 32.2. The van der Waals surface area contributed by atoms with Gasteiger partial charge in [0.05, 0.1) is 10.6 Å². The van der Waals surface area contributed by atoms with Gasteiger partial charge in [0.15, 0.2) is 5.16 Å². The minimum absolute atomic E-state index is 0.0184. The van der Waals surface area contributed by atoms with Crippen LogP contribution in [-0.2, 0) is 14.8 Å². The third kappa shape index (κ3) is 4.85. The zero-order chi connectivity index (χ0) is 23.6. The lowest BCUT2D eigenvalue weighted by Crippen LogP contribution is -2.38. The number of hydrogen-bond acceptors (Lipinski definition) is 7. The van der Waals surface area contributed by atoms with Crippen molar-refractivity contribution in [3.8, 4) is 0 Å². The van der Waals surface area contributed by atoms with Crippen LogP contribution in [0, 0.1) is 13.8 Å². The Morgan fingerprint density at radius 3 is 2.42 bits per heavy atom. The lowest BCUT2D eigenvalue weighted by Gasteiger charge is -2.30. The summed E-state index contributed by atoms with van der Waals surface area (Å²) in [7, 11) is -3.83. The molecule has 1 amide bonds. The Morgan fingerprint density at radius 1 is 1.06 bits per heavy atom. The Morgan fingerprint density at radius 2 is 1.76 bits per heavy atom. The third-order valence-corrected chi connectivity index (χ3v) is 8.06. The van der Waals surface area contributed by atoms with E-state index in [9.17, 15) is 18.0 Å². The molecule has 1 aliphatic heterocycles. The number of thioether (sulfide) groups is 1. The number of nitrogens with zero attached hydrogens (tertiary/aromatic N) is 4. The fraction of sp³-hybridized carbons (Fsp3) is 0.273. The number of aromatic nitrogens is 3. The smallest absolute Gasteiger partial charge is 0.273 e. The molecule has 1 saturated heterocycles. The van der Waals surface area contributed by atoms with Gasteiger partial charge in [0.25, 0.3) is 5.56 Å². The van der Waals surface area contributed by atoms with Crippen molar-refractivity contribution in [1.29, 1.82) is 0 Å². The van der Waals surface area contributed by atoms with Crippen LogP contribution in [-0.4, -0.2) is 57.6 Å². The quantitative estimate of drug-likeness (QED) is 0.532. The van der Waals surface area contributed by atoms with E-state index in [1.807, 2.05) is 37.3 Å². The van der Waals surface area contributed by atoms with Crippen LogP contribution in [0.25, 0.3) is 0 Å². The van der Waals surface area contributed by atoms with Crippen molar-refractivity contribution in [2.45, 2.75) is 30.1 Å². The maximum Gasteiger partial charge on any atom is 0.273 e. The summed E-state index contributed by atoms with van der Waals surface area (Å²) in [5, 5.41) is 7.90. The van der Waals surface area contributed by atoms with Gasteiger partial charge in [-0.25, -0.2) is 8.42 Å². The summed E-state index contributed by atoms with van der Waals surface area (Å²) in [6, 6.07) is 15.8. The van der Waals surface area contributed by atoms with Crippen molar-refractivity contribution < 1.29 is 13.2 Å². The number of aromatic amines is 1. The maximum atomic E-state index is 13.5. The molecule has 33 heavy (non-hydrogen) atoms. The highest BCUT2D eigenvalue weighted by Gasteiger charge is 2.43. The van der Waals surface area contributed by atoms with E-state index in [1.54, 1.807) is 36.1 Å². The number of hydrogen-bond donors (Lipinski definition) is 1. The summed E-state index contributed by atoms with van der Waals surface area (Å²) in [6.07, 6.45) is -0.770. The van der Waals surface area contributed by atoms with E-state index in [-0.39, 0.29) is 46.1 Å². The van der Waals surface area contributed by atoms with Gasteiger partial charge in [-0.2, -0.15) is 4.31 Å². The molecule has 2 heterocycles. The van der Waals surface area contributed by atoms with Crippen molar-refractivity contribution in [1.82, 2.24) is 24.4 Å². The molecule has 1 aliphatic rings. The number of aryl methyl sites for hydroxylation is 2. The monoisotopic (exact) mass is 485 g/mol. The molecule has 0 aliphatic carbocycles. The zero-order valence-corrected chi connectivity index (χ0v) is 19.8. The molecule has 0 unspecified atom stereocenters. The van der Waals surface area contributed by atoms with Crippen LogP contribution in [0.3, 0.4) is 0 Å². The van der Waals surface area contributed by atoms with E-state index >= 15 is 0 Å². The maximum absolute atomic E-state index is 13.5. The van der Waals surface area contributed by atoms with Gasteiger partial charge in [-0.05, 0) is 31.5 Å². The SMILES string of the molecule is Cc1ccc(S(=O)(=O)N2CCN(C(=O)CSc3nnc(C)c(=O)[nH]3)[C@@H]2c2ccccc2)cc1. The summed E-state index contributed by atoms with van der Waals surface area (Å²) in [6.45, 7) is 3.86. The number of H-pyrrole nitrogens is 1. The summed E-state index contributed by atoms with van der Waals surface area (Å²) in [5.41, 5.74) is 1.54. The molecular weight excluding hydrogens is 462 g/mol. The molecule has 1 aromatic heterocycles. The second-order valence-corrected chi connectivity index (χ2v) is 10.5. The molecular formula is C22H23N5O4S2. The molecule has 2 aromatic carbocycles. The minimum Gasteiger partial charge on any atom is -0.320 e. The van der Waals surface area contributed by atoms with Gasteiger partial charge in [-0.1, -0.05) is 59.8 Å². The van der Waals surface area contributed by atoms with E-state index < -0.39 is 16.2 Å². The van der Waals surface area contributed by atoms with Crippen LogP contribution in [0.4, 0.5) is 0 Å². The molecule has 11 heteroatoms. The van der Waals surface area contributed by atoms with Crippen LogP contribution >= 0.6 is 11.8 Å². The van der Waals surface area contributed by atoms with Crippen LogP contribution in [0.15, 0.2) is 69.4 Å². The average molecular weight is 486 g/mol. The van der Waals surface area contributed by atoms with Gasteiger partial charge >= 0.3 is 0 Å². The highest BCUT2D eigenvalue weighted by Crippen LogP contribution is 2.35. The van der Waals surface area contributed by atoms with Crippen molar-refractivity contribution in [2.24, 2.45) is 0 Å². The number of benzene rings is 2. The lowest BCUT2D eigenvalue weighted by atomic mass is 10.1. The van der Waals surface area contributed by atoms with Gasteiger partial charge in [-0.15, -0.1) is 10.2 Å². The van der Waals surface area contributed by atoms with Gasteiger partial charge in [0.1, 0.15) is 11.9 Å². The van der Waals surface area contributed by atoms with Crippen LogP contribution in [0.2, 0.25) is 0 Å². The molecule has 1 fully saturated rings. The van der Waals surface area contributed by atoms with Gasteiger partial charge in [0, 0.05) is 13.1 Å². The van der Waals surface area contributed by atoms with E-state index in [0.29, 0.717) is 5.56 Å². The van der Waals surface area contributed by atoms with E-state index in [4.69, 9.17) is 0 Å². The first-order valence-corrected chi connectivity index (χ1v) is 12.7. The van der Waals surface area contributed by atoms with Gasteiger partial charge in [-0.3, -0.25) is 14.6 Å². The molecule has 172 valence electrons. The van der Waals surface area contributed by atoms with E-state index in [1.165, 1.54) is 4.31 Å². The highest BCUT2D eigenvalue weighted by molar-refractivity contribution is 7.99. The molecule has 1 atom stereocenters. The van der Waals surface area contributed by atoms with Crippen molar-refractivity contribution >= 4 is 27.7 Å². The van der Waals surface area contributed by atoms with Gasteiger partial charge < -0.3 is 4.90 Å². The van der Waals surface area contributed by atoms with E-state index in [2.05, 4.69) is 15.2 Å². The summed E-state index contributed by atoms with van der Waals surface area (Å²) in [5.74, 6) is -0.284. The lowest BCUT2D eigenvalue weighted by molar-refractivity contribution is -0.130. The molecule has 0 bridgehead atoms. The van der Waals surface area contributed by atoms with Crippen molar-refractivity contribution in [2.75, 3.05) is 18.8 Å². The Labute approximate surface area is 195 Å². The minimum atomic E-state index is -3.83. The number of rotatable bonds is 6. The topological polar surface area (TPSA) is 116 Å². The Balaban J connectivity index is 1.61. The zero-order valence-electron chi connectivity index (χ0n) is 18.1. The molecule has 0 radical (unpaired) electrons. The van der Waals surface area contributed by atoms with Crippen molar-refractivity contribution in [3.63, 3.8) is 0 Å². The molecule has 1 N–H and O–H groups in total. The first kappa shape index (κ1) is 23.1. The molecule has 0 spiro atoms. The Hall–Kier alpha value is -3.02. The Kier molecular flexibility index (Phi) is 6.63. The fourth-order valence-corrected chi connectivity index (χ4v) is 5.85. The molecule has 0 saturated carbocycles. The number of carbonyl (C=O) groups is 1. The standard InChI is InChI=1S/C22H23N5O4S2/c1-15-8-10-18(11-9-15)33(30,31)27-13-12-26(21(27)17-6-4-3-5-7-17)19(28)14-32-22-23-20(29)16(2)24-25-22/h3-11,21H,12-14H2,1-2H3,(H,23,25,29)/t21-/m0/s1. The second kappa shape index (κ2) is 9.46. The number of carbonyl (C=O) groups excluding carboxylic acids is 1. The summed E-state index contributed by atoms with van der Waals surface area (Å²) >= 11 is 1.05. The molecule has 4 rings (SSSR count). The molecule has 3 aromatic rings. The predicted octanol–water partition coefficient (Wildman–Crippen LogP) is 2.11. The third-order valence-electron chi connectivity index (χ3n) is 5.35. The number of sulfonamides is 1. The number of nitrogens with one attached hydrogen (secondary N) is 1. The predicted molar refractivity (Wildman–Crippen MR) is 124 cm³/mol.